The third-order valence-electron chi connectivity index (χ3n) is 4.76. The number of nitrogens with one attached hydrogen (secondary N) is 1. The quantitative estimate of drug-likeness (QED) is 0.423. The van der Waals surface area contributed by atoms with Crippen molar-refractivity contribution in [1.29, 1.82) is 0 Å². The molecule has 2 aromatic carbocycles. The molecule has 0 aliphatic carbocycles. The normalized spacial score (nSPS) is 12.3. The number of aromatic nitrogens is 1. The van der Waals surface area contributed by atoms with Gasteiger partial charge >= 0.3 is 0 Å². The molecule has 4 rings (SSSR count). The number of halogens is 2. The van der Waals surface area contributed by atoms with Crippen molar-refractivity contribution in [2.24, 2.45) is 5.73 Å². The Kier molecular flexibility index (Phi) is 5.49. The van der Waals surface area contributed by atoms with Gasteiger partial charge in [-0.2, -0.15) is 0 Å². The smallest absolute Gasteiger partial charge is 0.266 e. The van der Waals surface area contributed by atoms with Crippen molar-refractivity contribution in [3.63, 3.8) is 0 Å². The molecular formula is C20H18Cl2N2O2S. The Labute approximate surface area is 171 Å². The molecule has 0 saturated carbocycles. The first kappa shape index (κ1) is 19.7. The Morgan fingerprint density at radius 1 is 1.26 bits per heavy atom. The fourth-order valence-electron chi connectivity index (χ4n) is 3.29. The molecule has 0 fully saturated rings. The highest BCUT2D eigenvalue weighted by molar-refractivity contribution is 7.17. The van der Waals surface area contributed by atoms with Gasteiger partial charge in [-0.15, -0.1) is 23.7 Å². The zero-order chi connectivity index (χ0) is 18.4. The Morgan fingerprint density at radius 3 is 2.63 bits per heavy atom. The number of H-pyrrole nitrogens is 1. The Morgan fingerprint density at radius 2 is 1.96 bits per heavy atom. The summed E-state index contributed by atoms with van der Waals surface area (Å²) >= 11 is 7.68. The van der Waals surface area contributed by atoms with Crippen LogP contribution in [0.15, 0.2) is 46.6 Å². The van der Waals surface area contributed by atoms with Gasteiger partial charge in [-0.05, 0) is 35.0 Å². The first-order valence-corrected chi connectivity index (χ1v) is 9.52. The standard InChI is InChI=1S/C20H17ClN2O2S.ClH/c1-10(9-22)11-2-4-12(5-3-11)16-15(24)8-14(21)18-17(16)13-6-7-26-19(13)20(25)23-18;/h2-8,10,24H,9,22H2,1H3,(H,23,25);1H/t10-;/m1./s1. The van der Waals surface area contributed by atoms with Crippen LogP contribution in [0.2, 0.25) is 5.02 Å². The van der Waals surface area contributed by atoms with E-state index in [0.717, 1.165) is 21.9 Å². The fourth-order valence-corrected chi connectivity index (χ4v) is 4.33. The molecule has 0 bridgehead atoms. The molecule has 4 N–H and O–H groups in total. The first-order valence-electron chi connectivity index (χ1n) is 8.26. The van der Waals surface area contributed by atoms with Gasteiger partial charge in [-0.3, -0.25) is 4.79 Å². The van der Waals surface area contributed by atoms with Crippen molar-refractivity contribution >= 4 is 56.3 Å². The van der Waals surface area contributed by atoms with Crippen molar-refractivity contribution in [3.05, 3.63) is 62.7 Å². The molecule has 1 atom stereocenters. The van der Waals surface area contributed by atoms with Crippen LogP contribution in [-0.4, -0.2) is 16.6 Å². The van der Waals surface area contributed by atoms with Gasteiger partial charge in [0.25, 0.3) is 5.56 Å². The summed E-state index contributed by atoms with van der Waals surface area (Å²) in [7, 11) is 0. The van der Waals surface area contributed by atoms with E-state index in [9.17, 15) is 9.90 Å². The summed E-state index contributed by atoms with van der Waals surface area (Å²) in [6.45, 7) is 2.65. The maximum atomic E-state index is 12.3. The van der Waals surface area contributed by atoms with Gasteiger partial charge in [-0.1, -0.05) is 42.8 Å². The van der Waals surface area contributed by atoms with Crippen LogP contribution in [0.3, 0.4) is 0 Å². The van der Waals surface area contributed by atoms with Crippen LogP contribution in [-0.2, 0) is 0 Å². The van der Waals surface area contributed by atoms with E-state index in [0.29, 0.717) is 27.3 Å². The molecule has 0 radical (unpaired) electrons. The van der Waals surface area contributed by atoms with E-state index in [1.54, 1.807) is 0 Å². The van der Waals surface area contributed by atoms with Crippen molar-refractivity contribution < 1.29 is 5.11 Å². The van der Waals surface area contributed by atoms with E-state index in [2.05, 4.69) is 11.9 Å². The summed E-state index contributed by atoms with van der Waals surface area (Å²) in [6.07, 6.45) is 0. The van der Waals surface area contributed by atoms with Crippen LogP contribution < -0.4 is 11.3 Å². The van der Waals surface area contributed by atoms with Crippen LogP contribution >= 0.6 is 35.3 Å². The van der Waals surface area contributed by atoms with E-state index >= 15 is 0 Å². The van der Waals surface area contributed by atoms with Crippen LogP contribution in [0, 0.1) is 0 Å². The zero-order valence-corrected chi connectivity index (χ0v) is 16.8. The molecule has 0 amide bonds. The molecule has 140 valence electrons. The highest BCUT2D eigenvalue weighted by Gasteiger charge is 2.18. The summed E-state index contributed by atoms with van der Waals surface area (Å²) in [6, 6.07) is 11.3. The van der Waals surface area contributed by atoms with Gasteiger partial charge in [0.15, 0.2) is 0 Å². The monoisotopic (exact) mass is 420 g/mol. The molecule has 27 heavy (non-hydrogen) atoms. The summed E-state index contributed by atoms with van der Waals surface area (Å²) in [5.41, 5.74) is 8.77. The van der Waals surface area contributed by atoms with Gasteiger partial charge in [-0.25, -0.2) is 0 Å². The van der Waals surface area contributed by atoms with E-state index in [-0.39, 0.29) is 29.6 Å². The fraction of sp³-hybridized carbons (Fsp3) is 0.150. The van der Waals surface area contributed by atoms with Crippen LogP contribution in [0.5, 0.6) is 5.75 Å². The number of thiophene rings is 1. The summed E-state index contributed by atoms with van der Waals surface area (Å²) in [5, 5.41) is 14.4. The van der Waals surface area contributed by atoms with Gasteiger partial charge in [0.05, 0.1) is 10.5 Å². The van der Waals surface area contributed by atoms with Gasteiger partial charge < -0.3 is 15.8 Å². The third kappa shape index (κ3) is 3.21. The second-order valence-corrected chi connectivity index (χ2v) is 7.70. The molecule has 0 unspecified atom stereocenters. The van der Waals surface area contributed by atoms with Crippen LogP contribution in [0.25, 0.3) is 32.1 Å². The average molecular weight is 421 g/mol. The molecular weight excluding hydrogens is 403 g/mol. The summed E-state index contributed by atoms with van der Waals surface area (Å²) < 4.78 is 0.619. The number of nitrogens with two attached hydrogens (primary N) is 1. The third-order valence-corrected chi connectivity index (χ3v) is 5.97. The lowest BCUT2D eigenvalue weighted by atomic mass is 9.94. The second kappa shape index (κ2) is 7.52. The van der Waals surface area contributed by atoms with Crippen molar-refractivity contribution in [1.82, 2.24) is 4.98 Å². The summed E-state index contributed by atoms with van der Waals surface area (Å²) in [5.74, 6) is 0.348. The van der Waals surface area contributed by atoms with Crippen molar-refractivity contribution in [3.8, 4) is 16.9 Å². The number of phenolic OH excluding ortho intramolecular Hbond substituents is 1. The van der Waals surface area contributed by atoms with E-state index in [1.807, 2.05) is 35.7 Å². The number of fused-ring (bicyclic) bond motifs is 3. The average Bonchev–Trinajstić information content (AvgIpc) is 3.13. The predicted molar refractivity (Wildman–Crippen MR) is 117 cm³/mol. The van der Waals surface area contributed by atoms with Crippen LogP contribution in [0.4, 0.5) is 0 Å². The second-order valence-electron chi connectivity index (χ2n) is 6.38. The SMILES string of the molecule is C[C@H](CN)c1ccc(-c2c(O)cc(Cl)c3[nH]c(=O)c4sccc4c23)cc1.Cl. The van der Waals surface area contributed by atoms with Gasteiger partial charge in [0, 0.05) is 22.4 Å². The summed E-state index contributed by atoms with van der Waals surface area (Å²) in [4.78, 5) is 15.2. The lowest BCUT2D eigenvalue weighted by Gasteiger charge is -2.14. The van der Waals surface area contributed by atoms with Crippen molar-refractivity contribution in [2.45, 2.75) is 12.8 Å². The number of pyridine rings is 1. The number of rotatable bonds is 3. The van der Waals surface area contributed by atoms with Gasteiger partial charge in [0.2, 0.25) is 0 Å². The molecule has 4 aromatic rings. The molecule has 4 nitrogen and oxygen atoms in total. The zero-order valence-electron chi connectivity index (χ0n) is 14.5. The Balaban J connectivity index is 0.00000210. The molecule has 0 spiro atoms. The van der Waals surface area contributed by atoms with E-state index < -0.39 is 0 Å². The predicted octanol–water partition coefficient (Wildman–Crippen LogP) is 5.25. The largest absolute Gasteiger partial charge is 0.507 e. The highest BCUT2D eigenvalue weighted by atomic mass is 35.5. The maximum absolute atomic E-state index is 12.3. The number of phenols is 1. The number of aromatic amines is 1. The van der Waals surface area contributed by atoms with E-state index in [4.69, 9.17) is 17.3 Å². The lowest BCUT2D eigenvalue weighted by molar-refractivity contribution is 0.478. The Bertz CT molecular complexity index is 1180. The first-order chi connectivity index (χ1) is 12.5. The number of aromatic hydroxyl groups is 1. The molecule has 2 heterocycles. The minimum atomic E-state index is -0.173. The lowest BCUT2D eigenvalue weighted by Crippen LogP contribution is -2.08. The molecule has 7 heteroatoms. The molecule has 0 saturated heterocycles. The Hall–Kier alpha value is -2.05. The molecule has 0 aliphatic rings. The topological polar surface area (TPSA) is 79.1 Å². The van der Waals surface area contributed by atoms with Gasteiger partial charge in [0.1, 0.15) is 10.4 Å². The number of benzene rings is 2. The van der Waals surface area contributed by atoms with E-state index in [1.165, 1.54) is 17.4 Å². The maximum Gasteiger partial charge on any atom is 0.266 e. The van der Waals surface area contributed by atoms with Crippen molar-refractivity contribution in [2.75, 3.05) is 6.54 Å². The molecule has 2 aromatic heterocycles. The molecule has 0 aliphatic heterocycles. The minimum absolute atomic E-state index is 0. The minimum Gasteiger partial charge on any atom is -0.507 e. The highest BCUT2D eigenvalue weighted by Crippen LogP contribution is 2.42. The number of hydrogen-bond donors (Lipinski definition) is 3. The number of hydrogen-bond acceptors (Lipinski definition) is 4. The van der Waals surface area contributed by atoms with Crippen LogP contribution in [0.1, 0.15) is 18.4 Å².